The molecule has 0 aliphatic carbocycles. The van der Waals surface area contributed by atoms with Crippen LogP contribution in [0.15, 0.2) is 54.6 Å². The number of rotatable bonds is 7. The molecule has 0 spiro atoms. The molecule has 0 radical (unpaired) electrons. The number of carbonyl (C=O) groups is 1. The summed E-state index contributed by atoms with van der Waals surface area (Å²) in [4.78, 5) is 12.2. The molecule has 0 bridgehead atoms. The first kappa shape index (κ1) is 21.4. The van der Waals surface area contributed by atoms with E-state index in [1.54, 1.807) is 12.1 Å². The van der Waals surface area contributed by atoms with Crippen LogP contribution in [0.3, 0.4) is 0 Å². The molecule has 2 rings (SSSR count). The van der Waals surface area contributed by atoms with E-state index in [0.29, 0.717) is 0 Å². The maximum absolute atomic E-state index is 12.7. The summed E-state index contributed by atoms with van der Waals surface area (Å²) in [7, 11) is -3.41. The Hall–Kier alpha value is -1.90. The van der Waals surface area contributed by atoms with Crippen molar-refractivity contribution < 1.29 is 13.2 Å². The van der Waals surface area contributed by atoms with E-state index in [1.165, 1.54) is 0 Å². The Morgan fingerprint density at radius 1 is 1.07 bits per heavy atom. The summed E-state index contributed by atoms with van der Waals surface area (Å²) in [6.45, 7) is 1.95. The highest BCUT2D eigenvalue weighted by molar-refractivity contribution is 8.11. The van der Waals surface area contributed by atoms with Crippen molar-refractivity contribution in [3.63, 3.8) is 0 Å². The number of thiocarbonyl (C=S) groups is 1. The fourth-order valence-electron chi connectivity index (χ4n) is 2.70. The van der Waals surface area contributed by atoms with Gasteiger partial charge in [-0.25, -0.2) is 8.42 Å². The van der Waals surface area contributed by atoms with Crippen LogP contribution in [0.1, 0.15) is 29.0 Å². The highest BCUT2D eigenvalue weighted by Gasteiger charge is 2.24. The third kappa shape index (κ3) is 7.70. The molecular formula is C19H22N2O3S3. The Kier molecular flexibility index (Phi) is 7.82. The maximum atomic E-state index is 12.7. The lowest BCUT2D eigenvalue weighted by Gasteiger charge is -2.18. The maximum Gasteiger partial charge on any atom is 0.238 e. The predicted molar refractivity (Wildman–Crippen MR) is 115 cm³/mol. The average molecular weight is 423 g/mol. The third-order valence-electron chi connectivity index (χ3n) is 3.97. The van der Waals surface area contributed by atoms with Crippen LogP contribution < -0.4 is 10.9 Å². The van der Waals surface area contributed by atoms with Crippen molar-refractivity contribution in [2.24, 2.45) is 0 Å². The number of aryl methyl sites for hydroxylation is 1. The Morgan fingerprint density at radius 3 is 2.30 bits per heavy atom. The molecule has 0 aliphatic rings. The second kappa shape index (κ2) is 9.87. The van der Waals surface area contributed by atoms with E-state index in [4.69, 9.17) is 12.2 Å². The number of hydrogen-bond acceptors (Lipinski definition) is 4. The summed E-state index contributed by atoms with van der Waals surface area (Å²) in [5.41, 5.74) is 7.49. The lowest BCUT2D eigenvalue weighted by atomic mass is 9.96. The summed E-state index contributed by atoms with van der Waals surface area (Å²) in [5, 5.41) is 0. The summed E-state index contributed by atoms with van der Waals surface area (Å²) in [5.74, 6) is -0.998. The first-order chi connectivity index (χ1) is 12.7. The van der Waals surface area contributed by atoms with Gasteiger partial charge in [0, 0.05) is 12.3 Å². The van der Waals surface area contributed by atoms with Gasteiger partial charge >= 0.3 is 0 Å². The van der Waals surface area contributed by atoms with E-state index in [1.807, 2.05) is 49.4 Å². The van der Waals surface area contributed by atoms with Crippen LogP contribution in [0, 0.1) is 6.92 Å². The van der Waals surface area contributed by atoms with E-state index in [-0.39, 0.29) is 28.2 Å². The van der Waals surface area contributed by atoms with Crippen molar-refractivity contribution in [2.45, 2.75) is 25.0 Å². The smallest absolute Gasteiger partial charge is 0.238 e. The molecule has 1 unspecified atom stereocenters. The topological polar surface area (TPSA) is 75.3 Å². The minimum atomic E-state index is -3.41. The minimum Gasteiger partial charge on any atom is -0.283 e. The zero-order valence-electron chi connectivity index (χ0n) is 14.9. The number of carbonyl (C=O) groups excluding carboxylic acids is 1. The van der Waals surface area contributed by atoms with Crippen molar-refractivity contribution in [2.75, 3.05) is 5.75 Å². The molecule has 0 saturated carbocycles. The van der Waals surface area contributed by atoms with Gasteiger partial charge in [0.25, 0.3) is 0 Å². The highest BCUT2D eigenvalue weighted by atomic mass is 32.2. The Bertz CT molecular complexity index is 882. The van der Waals surface area contributed by atoms with Gasteiger partial charge in [-0.15, -0.1) is 12.6 Å². The number of nitrogens with one attached hydrogen (secondary N) is 2. The number of benzene rings is 2. The van der Waals surface area contributed by atoms with Gasteiger partial charge in [0.2, 0.25) is 5.91 Å². The molecule has 1 amide bonds. The average Bonchev–Trinajstić information content (AvgIpc) is 2.60. The lowest BCUT2D eigenvalue weighted by Crippen LogP contribution is -2.39. The molecule has 0 aromatic heterocycles. The summed E-state index contributed by atoms with van der Waals surface area (Å²) >= 11 is 8.62. The van der Waals surface area contributed by atoms with Gasteiger partial charge in [0.1, 0.15) is 4.32 Å². The molecule has 0 fully saturated rings. The minimum absolute atomic E-state index is 0.0144. The SMILES string of the molecule is Cc1ccc(C(CC(=O)NNC(=S)S)CS(=O)(=O)Cc2ccccc2)cc1. The monoisotopic (exact) mass is 422 g/mol. The zero-order valence-corrected chi connectivity index (χ0v) is 17.4. The fourth-order valence-corrected chi connectivity index (χ4v) is 4.55. The summed E-state index contributed by atoms with van der Waals surface area (Å²) in [6, 6.07) is 16.6. The Morgan fingerprint density at radius 2 is 1.70 bits per heavy atom. The van der Waals surface area contributed by atoms with Crippen molar-refractivity contribution in [1.82, 2.24) is 10.9 Å². The normalized spacial score (nSPS) is 12.2. The number of hydrazine groups is 1. The summed E-state index contributed by atoms with van der Waals surface area (Å²) < 4.78 is 25.6. The van der Waals surface area contributed by atoms with E-state index < -0.39 is 15.8 Å². The standard InChI is InChI=1S/C19H22N2O3S3/c1-14-7-9-16(10-8-14)17(11-18(22)20-21-19(25)26)13-27(23,24)12-15-5-3-2-4-6-15/h2-10,17H,11-13H2,1H3,(H,20,22)(H2,21,25,26). The van der Waals surface area contributed by atoms with Gasteiger partial charge in [-0.1, -0.05) is 72.4 Å². The van der Waals surface area contributed by atoms with E-state index in [9.17, 15) is 13.2 Å². The second-order valence-corrected chi connectivity index (χ2v) is 9.60. The molecule has 2 N–H and O–H groups in total. The van der Waals surface area contributed by atoms with Crippen LogP contribution in [-0.4, -0.2) is 24.4 Å². The van der Waals surface area contributed by atoms with Crippen LogP contribution in [0.25, 0.3) is 0 Å². The molecule has 27 heavy (non-hydrogen) atoms. The molecule has 2 aromatic carbocycles. The van der Waals surface area contributed by atoms with E-state index >= 15 is 0 Å². The third-order valence-corrected chi connectivity index (χ3v) is 5.87. The van der Waals surface area contributed by atoms with E-state index in [2.05, 4.69) is 23.5 Å². The van der Waals surface area contributed by atoms with Gasteiger partial charge in [-0.3, -0.25) is 15.6 Å². The first-order valence-corrected chi connectivity index (χ1v) is 11.0. The second-order valence-electron chi connectivity index (χ2n) is 6.33. The number of sulfone groups is 1. The number of thiol groups is 1. The van der Waals surface area contributed by atoms with Crippen LogP contribution >= 0.6 is 24.8 Å². The van der Waals surface area contributed by atoms with Crippen molar-refractivity contribution >= 4 is 44.9 Å². The summed E-state index contributed by atoms with van der Waals surface area (Å²) in [6.07, 6.45) is 0.0144. The van der Waals surface area contributed by atoms with Gasteiger partial charge in [0.05, 0.1) is 11.5 Å². The number of amides is 1. The molecule has 1 atom stereocenters. The quantitative estimate of drug-likeness (QED) is 0.363. The van der Waals surface area contributed by atoms with Crippen LogP contribution in [0.4, 0.5) is 0 Å². The van der Waals surface area contributed by atoms with Crippen molar-refractivity contribution in [3.8, 4) is 0 Å². The van der Waals surface area contributed by atoms with E-state index in [0.717, 1.165) is 16.7 Å². The highest BCUT2D eigenvalue weighted by Crippen LogP contribution is 2.24. The van der Waals surface area contributed by atoms with Crippen molar-refractivity contribution in [1.29, 1.82) is 0 Å². The Balaban J connectivity index is 2.16. The molecule has 8 heteroatoms. The zero-order chi connectivity index (χ0) is 19.9. The van der Waals surface area contributed by atoms with Gasteiger partial charge in [-0.05, 0) is 18.1 Å². The van der Waals surface area contributed by atoms with Crippen molar-refractivity contribution in [3.05, 3.63) is 71.3 Å². The van der Waals surface area contributed by atoms with Gasteiger partial charge in [-0.2, -0.15) is 0 Å². The predicted octanol–water partition coefficient (Wildman–Crippen LogP) is 2.92. The molecule has 2 aromatic rings. The van der Waals surface area contributed by atoms with Crippen LogP contribution in [0.2, 0.25) is 0 Å². The van der Waals surface area contributed by atoms with Gasteiger partial charge in [0.15, 0.2) is 9.84 Å². The van der Waals surface area contributed by atoms with Gasteiger partial charge < -0.3 is 0 Å². The first-order valence-electron chi connectivity index (χ1n) is 8.34. The molecule has 144 valence electrons. The van der Waals surface area contributed by atoms with Crippen LogP contribution in [0.5, 0.6) is 0 Å². The lowest BCUT2D eigenvalue weighted by molar-refractivity contribution is -0.121. The molecular weight excluding hydrogens is 400 g/mol. The number of hydrogen-bond donors (Lipinski definition) is 3. The molecule has 0 saturated heterocycles. The Labute approximate surface area is 170 Å². The van der Waals surface area contributed by atoms with Crippen LogP contribution in [-0.2, 0) is 20.4 Å². The molecule has 5 nitrogen and oxygen atoms in total. The molecule has 0 heterocycles. The largest absolute Gasteiger partial charge is 0.283 e. The molecule has 0 aliphatic heterocycles. The fraction of sp³-hybridized carbons (Fsp3) is 0.263.